The molecule has 2 heterocycles. The minimum atomic E-state index is -0.122. The van der Waals surface area contributed by atoms with Crippen LogP contribution in [0.25, 0.3) is 11.0 Å². The lowest BCUT2D eigenvalue weighted by atomic mass is 10.1. The van der Waals surface area contributed by atoms with Crippen molar-refractivity contribution in [1.29, 1.82) is 0 Å². The number of carbonyl (C=O) groups is 1. The molecule has 0 aliphatic carbocycles. The van der Waals surface area contributed by atoms with Crippen LogP contribution in [-0.2, 0) is 0 Å². The van der Waals surface area contributed by atoms with Gasteiger partial charge < -0.3 is 10.4 Å². The van der Waals surface area contributed by atoms with Crippen molar-refractivity contribution in [2.24, 2.45) is 5.92 Å². The number of hydrogen-bond donors (Lipinski definition) is 2. The zero-order chi connectivity index (χ0) is 16.3. The van der Waals surface area contributed by atoms with Crippen molar-refractivity contribution < 1.29 is 9.90 Å². The van der Waals surface area contributed by atoms with Crippen LogP contribution in [0.5, 0.6) is 0 Å². The molecule has 22 heavy (non-hydrogen) atoms. The Morgan fingerprint density at radius 3 is 2.77 bits per heavy atom. The van der Waals surface area contributed by atoms with Crippen molar-refractivity contribution in [2.75, 3.05) is 13.2 Å². The average Bonchev–Trinajstić information content (AvgIpc) is 2.87. The van der Waals surface area contributed by atoms with Gasteiger partial charge >= 0.3 is 0 Å². The molecule has 2 aromatic heterocycles. The second-order valence-corrected chi connectivity index (χ2v) is 6.06. The number of carbonyl (C=O) groups excluding carboxylic acids is 1. The van der Waals surface area contributed by atoms with E-state index in [0.29, 0.717) is 18.5 Å². The largest absolute Gasteiger partial charge is 0.396 e. The molecular formula is C16H24N4O2. The van der Waals surface area contributed by atoms with E-state index in [-0.39, 0.29) is 24.5 Å². The molecule has 0 aliphatic rings. The molecule has 0 fully saturated rings. The molecule has 1 atom stereocenters. The number of amides is 1. The van der Waals surface area contributed by atoms with Crippen LogP contribution < -0.4 is 5.32 Å². The Bertz CT molecular complexity index is 663. The molecule has 120 valence electrons. The number of pyridine rings is 1. The molecule has 0 aliphatic heterocycles. The van der Waals surface area contributed by atoms with E-state index in [2.05, 4.69) is 15.4 Å². The van der Waals surface area contributed by atoms with E-state index in [0.717, 1.165) is 16.7 Å². The molecule has 0 spiro atoms. The van der Waals surface area contributed by atoms with Gasteiger partial charge in [-0.05, 0) is 39.2 Å². The number of aryl methyl sites for hydroxylation is 1. The monoisotopic (exact) mass is 304 g/mol. The molecular weight excluding hydrogens is 280 g/mol. The highest BCUT2D eigenvalue weighted by Crippen LogP contribution is 2.21. The van der Waals surface area contributed by atoms with Gasteiger partial charge in [-0.25, -0.2) is 9.67 Å². The smallest absolute Gasteiger partial charge is 0.252 e. The first kappa shape index (κ1) is 16.4. The zero-order valence-corrected chi connectivity index (χ0v) is 13.6. The number of nitrogens with zero attached hydrogens (tertiary/aromatic N) is 3. The second kappa shape index (κ2) is 6.87. The predicted octanol–water partition coefficient (Wildman–Crippen LogP) is 2.07. The Hall–Kier alpha value is -1.95. The fraction of sp³-hybridized carbons (Fsp3) is 0.562. The number of hydrogen-bond acceptors (Lipinski definition) is 4. The summed E-state index contributed by atoms with van der Waals surface area (Å²) in [5, 5.41) is 17.0. The molecule has 1 unspecified atom stereocenters. The summed E-state index contributed by atoms with van der Waals surface area (Å²) in [4.78, 5) is 17.0. The van der Waals surface area contributed by atoms with E-state index >= 15 is 0 Å². The molecule has 0 radical (unpaired) electrons. The van der Waals surface area contributed by atoms with Crippen LogP contribution in [0.1, 0.15) is 49.3 Å². The zero-order valence-electron chi connectivity index (χ0n) is 13.6. The molecule has 2 aromatic rings. The maximum atomic E-state index is 12.5. The Morgan fingerprint density at radius 1 is 1.41 bits per heavy atom. The first-order valence-corrected chi connectivity index (χ1v) is 7.68. The van der Waals surface area contributed by atoms with Gasteiger partial charge in [0.15, 0.2) is 5.65 Å². The third-order valence-electron chi connectivity index (χ3n) is 3.66. The molecule has 0 saturated carbocycles. The molecule has 0 saturated heterocycles. The third kappa shape index (κ3) is 3.44. The van der Waals surface area contributed by atoms with Crippen LogP contribution >= 0.6 is 0 Å². The molecule has 0 aromatic carbocycles. The maximum Gasteiger partial charge on any atom is 0.252 e. The molecule has 2 N–H and O–H groups in total. The van der Waals surface area contributed by atoms with E-state index < -0.39 is 0 Å². The van der Waals surface area contributed by atoms with Gasteiger partial charge in [-0.1, -0.05) is 6.92 Å². The lowest BCUT2D eigenvalue weighted by molar-refractivity contribution is 0.0947. The Morgan fingerprint density at radius 2 is 2.14 bits per heavy atom. The maximum absolute atomic E-state index is 12.5. The van der Waals surface area contributed by atoms with Gasteiger partial charge in [-0.15, -0.1) is 0 Å². The number of aromatic nitrogens is 3. The first-order chi connectivity index (χ1) is 10.4. The summed E-state index contributed by atoms with van der Waals surface area (Å²) in [5.41, 5.74) is 2.14. The second-order valence-electron chi connectivity index (χ2n) is 6.06. The van der Waals surface area contributed by atoms with E-state index in [1.165, 1.54) is 0 Å². The molecule has 0 bridgehead atoms. The fourth-order valence-corrected chi connectivity index (χ4v) is 2.39. The van der Waals surface area contributed by atoms with Crippen LogP contribution in [0.15, 0.2) is 12.3 Å². The summed E-state index contributed by atoms with van der Waals surface area (Å²) in [6, 6.07) is 1.98. The number of aliphatic hydroxyl groups is 1. The van der Waals surface area contributed by atoms with Crippen LogP contribution in [0.2, 0.25) is 0 Å². The van der Waals surface area contributed by atoms with Crippen molar-refractivity contribution in [2.45, 2.75) is 40.2 Å². The van der Waals surface area contributed by atoms with Crippen LogP contribution in [0.3, 0.4) is 0 Å². The SMILES string of the molecule is Cc1cc(C(=O)NCC(C)CCO)c2cnn(C(C)C)c2n1. The van der Waals surface area contributed by atoms with Gasteiger partial charge in [0.1, 0.15) is 0 Å². The topological polar surface area (TPSA) is 80.0 Å². The normalized spacial score (nSPS) is 12.8. The van der Waals surface area contributed by atoms with Crippen LogP contribution in [-0.4, -0.2) is 38.9 Å². The average molecular weight is 304 g/mol. The summed E-state index contributed by atoms with van der Waals surface area (Å²) < 4.78 is 1.83. The Labute approximate surface area is 130 Å². The van der Waals surface area contributed by atoms with E-state index in [1.54, 1.807) is 12.3 Å². The lowest BCUT2D eigenvalue weighted by Gasteiger charge is -2.12. The van der Waals surface area contributed by atoms with Crippen molar-refractivity contribution in [1.82, 2.24) is 20.1 Å². The summed E-state index contributed by atoms with van der Waals surface area (Å²) in [7, 11) is 0. The molecule has 6 heteroatoms. The minimum Gasteiger partial charge on any atom is -0.396 e. The van der Waals surface area contributed by atoms with Gasteiger partial charge in [0, 0.05) is 24.9 Å². The van der Waals surface area contributed by atoms with Gasteiger partial charge in [-0.2, -0.15) is 5.10 Å². The molecule has 1 amide bonds. The predicted molar refractivity (Wildman–Crippen MR) is 85.9 cm³/mol. The van der Waals surface area contributed by atoms with Crippen LogP contribution in [0, 0.1) is 12.8 Å². The number of fused-ring (bicyclic) bond motifs is 1. The van der Waals surface area contributed by atoms with Crippen LogP contribution in [0.4, 0.5) is 0 Å². The Kier molecular flexibility index (Phi) is 5.13. The van der Waals surface area contributed by atoms with Gasteiger partial charge in [-0.3, -0.25) is 4.79 Å². The van der Waals surface area contributed by atoms with Crippen molar-refractivity contribution in [3.05, 3.63) is 23.5 Å². The van der Waals surface area contributed by atoms with E-state index in [4.69, 9.17) is 5.11 Å². The third-order valence-corrected chi connectivity index (χ3v) is 3.66. The number of rotatable bonds is 6. The van der Waals surface area contributed by atoms with Crippen molar-refractivity contribution in [3.8, 4) is 0 Å². The highest BCUT2D eigenvalue weighted by atomic mass is 16.3. The summed E-state index contributed by atoms with van der Waals surface area (Å²) in [6.07, 6.45) is 2.38. The standard InChI is InChI=1S/C16H24N4O2/c1-10(2)20-15-14(9-18-20)13(7-12(4)19-15)16(22)17-8-11(3)5-6-21/h7,9-11,21H,5-6,8H2,1-4H3,(H,17,22). The Balaban J connectivity index is 2.29. The highest BCUT2D eigenvalue weighted by molar-refractivity contribution is 6.05. The van der Waals surface area contributed by atoms with Crippen molar-refractivity contribution in [3.63, 3.8) is 0 Å². The lowest BCUT2D eigenvalue weighted by Crippen LogP contribution is -2.29. The summed E-state index contributed by atoms with van der Waals surface area (Å²) in [6.45, 7) is 8.62. The summed E-state index contributed by atoms with van der Waals surface area (Å²) >= 11 is 0. The van der Waals surface area contributed by atoms with Gasteiger partial charge in [0.25, 0.3) is 5.91 Å². The minimum absolute atomic E-state index is 0.122. The summed E-state index contributed by atoms with van der Waals surface area (Å²) in [5.74, 6) is 0.120. The molecule has 6 nitrogen and oxygen atoms in total. The number of nitrogens with one attached hydrogen (secondary N) is 1. The highest BCUT2D eigenvalue weighted by Gasteiger charge is 2.17. The fourth-order valence-electron chi connectivity index (χ4n) is 2.39. The van der Waals surface area contributed by atoms with Gasteiger partial charge in [0.2, 0.25) is 0 Å². The first-order valence-electron chi connectivity index (χ1n) is 7.68. The van der Waals surface area contributed by atoms with Crippen molar-refractivity contribution >= 4 is 16.9 Å². The van der Waals surface area contributed by atoms with Gasteiger partial charge in [0.05, 0.1) is 17.1 Å². The quantitative estimate of drug-likeness (QED) is 0.856. The number of aliphatic hydroxyl groups excluding tert-OH is 1. The van der Waals surface area contributed by atoms with E-state index in [9.17, 15) is 4.79 Å². The molecule has 2 rings (SSSR count). The van der Waals surface area contributed by atoms with E-state index in [1.807, 2.05) is 32.4 Å².